The fourth-order valence-electron chi connectivity index (χ4n) is 1.11. The van der Waals surface area contributed by atoms with Gasteiger partial charge in [0.15, 0.2) is 0 Å². The van der Waals surface area contributed by atoms with Crippen LogP contribution >= 0.6 is 0 Å². The summed E-state index contributed by atoms with van der Waals surface area (Å²) < 4.78 is 40.1. The van der Waals surface area contributed by atoms with Crippen molar-refractivity contribution in [3.8, 4) is 17.6 Å². The molecule has 17 heavy (non-hydrogen) atoms. The van der Waals surface area contributed by atoms with Crippen LogP contribution in [0.1, 0.15) is 12.5 Å². The van der Waals surface area contributed by atoms with Crippen molar-refractivity contribution in [3.63, 3.8) is 0 Å². The first-order valence-electron chi connectivity index (χ1n) is 5.07. The SMILES string of the molecule is CCNCC#Cc1ccccc1OC(F)(F)F. The molecular weight excluding hydrogens is 231 g/mol. The maximum absolute atomic E-state index is 12.1. The molecule has 2 nitrogen and oxygen atoms in total. The van der Waals surface area contributed by atoms with Gasteiger partial charge < -0.3 is 10.1 Å². The Labute approximate surface area is 97.8 Å². The van der Waals surface area contributed by atoms with Crippen LogP contribution in [0.3, 0.4) is 0 Å². The summed E-state index contributed by atoms with van der Waals surface area (Å²) in [6.45, 7) is 3.11. The Morgan fingerprint density at radius 3 is 2.65 bits per heavy atom. The number of hydrogen-bond donors (Lipinski definition) is 1. The summed E-state index contributed by atoms with van der Waals surface area (Å²) in [6, 6.07) is 5.81. The fraction of sp³-hybridized carbons (Fsp3) is 0.333. The lowest BCUT2D eigenvalue weighted by molar-refractivity contribution is -0.274. The van der Waals surface area contributed by atoms with Gasteiger partial charge in [-0.3, -0.25) is 0 Å². The number of benzene rings is 1. The van der Waals surface area contributed by atoms with E-state index in [1.807, 2.05) is 6.92 Å². The predicted octanol–water partition coefficient (Wildman–Crippen LogP) is 2.55. The van der Waals surface area contributed by atoms with E-state index in [9.17, 15) is 13.2 Å². The van der Waals surface area contributed by atoms with Crippen molar-refractivity contribution in [1.29, 1.82) is 0 Å². The Morgan fingerprint density at radius 2 is 2.00 bits per heavy atom. The number of ether oxygens (including phenoxy) is 1. The number of alkyl halides is 3. The quantitative estimate of drug-likeness (QED) is 0.650. The summed E-state index contributed by atoms with van der Waals surface area (Å²) in [5.41, 5.74) is 0.225. The van der Waals surface area contributed by atoms with Gasteiger partial charge in [0.1, 0.15) is 5.75 Å². The van der Waals surface area contributed by atoms with Crippen LogP contribution in [0.2, 0.25) is 0 Å². The van der Waals surface area contributed by atoms with Crippen LogP contribution in [-0.2, 0) is 0 Å². The summed E-state index contributed by atoms with van der Waals surface area (Å²) in [5, 5.41) is 2.95. The van der Waals surface area contributed by atoms with Gasteiger partial charge in [-0.15, -0.1) is 13.2 Å². The van der Waals surface area contributed by atoms with E-state index in [0.717, 1.165) is 6.54 Å². The monoisotopic (exact) mass is 243 g/mol. The Balaban J connectivity index is 2.80. The van der Waals surface area contributed by atoms with Crippen LogP contribution in [0.25, 0.3) is 0 Å². The molecule has 1 N–H and O–H groups in total. The van der Waals surface area contributed by atoms with Crippen molar-refractivity contribution in [1.82, 2.24) is 5.32 Å². The van der Waals surface area contributed by atoms with Gasteiger partial charge in [0.05, 0.1) is 12.1 Å². The Bertz CT molecular complexity index is 418. The summed E-state index contributed by atoms with van der Waals surface area (Å²) in [5.74, 6) is 5.08. The van der Waals surface area contributed by atoms with Crippen LogP contribution in [0.5, 0.6) is 5.75 Å². The molecule has 0 heterocycles. The van der Waals surface area contributed by atoms with Crippen molar-refractivity contribution in [2.24, 2.45) is 0 Å². The number of halogens is 3. The van der Waals surface area contributed by atoms with Crippen molar-refractivity contribution >= 4 is 0 Å². The molecule has 0 atom stereocenters. The van der Waals surface area contributed by atoms with Crippen molar-refractivity contribution in [2.75, 3.05) is 13.1 Å². The zero-order chi connectivity index (χ0) is 12.7. The minimum absolute atomic E-state index is 0.225. The molecule has 0 unspecified atom stereocenters. The standard InChI is InChI=1S/C12H12F3NO/c1-2-16-9-5-7-10-6-3-4-8-11(10)17-12(13,14)15/h3-4,6,8,16H,2,9H2,1H3. The lowest BCUT2D eigenvalue weighted by Crippen LogP contribution is -2.17. The van der Waals surface area contributed by atoms with E-state index < -0.39 is 6.36 Å². The smallest absolute Gasteiger partial charge is 0.404 e. The molecule has 0 bridgehead atoms. The third-order valence-electron chi connectivity index (χ3n) is 1.80. The van der Waals surface area contributed by atoms with Gasteiger partial charge in [-0.25, -0.2) is 0 Å². The molecule has 1 aromatic carbocycles. The highest BCUT2D eigenvalue weighted by atomic mass is 19.4. The highest BCUT2D eigenvalue weighted by Crippen LogP contribution is 2.25. The second-order valence-corrected chi connectivity index (χ2v) is 3.13. The van der Waals surface area contributed by atoms with Gasteiger partial charge in [-0.2, -0.15) is 0 Å². The number of rotatable bonds is 3. The van der Waals surface area contributed by atoms with Gasteiger partial charge in [-0.05, 0) is 18.7 Å². The number of nitrogens with one attached hydrogen (secondary N) is 1. The third kappa shape index (κ3) is 5.27. The zero-order valence-corrected chi connectivity index (χ0v) is 9.27. The van der Waals surface area contributed by atoms with Gasteiger partial charge in [0.2, 0.25) is 0 Å². The van der Waals surface area contributed by atoms with E-state index in [2.05, 4.69) is 21.9 Å². The molecule has 0 aliphatic heterocycles. The maximum atomic E-state index is 12.1. The first-order chi connectivity index (χ1) is 8.03. The van der Waals surface area contributed by atoms with E-state index in [0.29, 0.717) is 6.54 Å². The lowest BCUT2D eigenvalue weighted by Gasteiger charge is -2.09. The Kier molecular flexibility index (Phi) is 4.85. The molecule has 0 aromatic heterocycles. The largest absolute Gasteiger partial charge is 0.573 e. The van der Waals surface area contributed by atoms with Gasteiger partial charge >= 0.3 is 6.36 Å². The second-order valence-electron chi connectivity index (χ2n) is 3.13. The van der Waals surface area contributed by atoms with Crippen LogP contribution in [-0.4, -0.2) is 19.5 Å². The summed E-state index contributed by atoms with van der Waals surface area (Å²) >= 11 is 0. The molecule has 0 fully saturated rings. The predicted molar refractivity (Wildman–Crippen MR) is 58.5 cm³/mol. The van der Waals surface area contributed by atoms with Crippen molar-refractivity contribution < 1.29 is 17.9 Å². The van der Waals surface area contributed by atoms with E-state index in [1.54, 1.807) is 6.07 Å². The lowest BCUT2D eigenvalue weighted by atomic mass is 10.2. The molecule has 0 radical (unpaired) electrons. The second kappa shape index (κ2) is 6.16. The van der Waals surface area contributed by atoms with Gasteiger partial charge in [0, 0.05) is 0 Å². The summed E-state index contributed by atoms with van der Waals surface area (Å²) in [4.78, 5) is 0. The van der Waals surface area contributed by atoms with Crippen molar-refractivity contribution in [3.05, 3.63) is 29.8 Å². The molecule has 0 saturated heterocycles. The minimum Gasteiger partial charge on any atom is -0.404 e. The Morgan fingerprint density at radius 1 is 1.29 bits per heavy atom. The third-order valence-corrected chi connectivity index (χ3v) is 1.80. The molecule has 1 aromatic rings. The highest BCUT2D eigenvalue weighted by Gasteiger charge is 2.31. The molecule has 0 aliphatic rings. The van der Waals surface area contributed by atoms with E-state index in [1.165, 1.54) is 18.2 Å². The average molecular weight is 243 g/mol. The van der Waals surface area contributed by atoms with Crippen molar-refractivity contribution in [2.45, 2.75) is 13.3 Å². The molecule has 0 aliphatic carbocycles. The molecule has 5 heteroatoms. The van der Waals surface area contributed by atoms with E-state index >= 15 is 0 Å². The van der Waals surface area contributed by atoms with E-state index in [-0.39, 0.29) is 11.3 Å². The maximum Gasteiger partial charge on any atom is 0.573 e. The zero-order valence-electron chi connectivity index (χ0n) is 9.27. The number of hydrogen-bond acceptors (Lipinski definition) is 2. The first kappa shape index (κ1) is 13.4. The van der Waals surface area contributed by atoms with Crippen LogP contribution < -0.4 is 10.1 Å². The molecular formula is C12H12F3NO. The molecule has 0 amide bonds. The highest BCUT2D eigenvalue weighted by molar-refractivity contribution is 5.46. The average Bonchev–Trinajstić information content (AvgIpc) is 2.24. The topological polar surface area (TPSA) is 21.3 Å². The summed E-state index contributed by atoms with van der Waals surface area (Å²) in [7, 11) is 0. The van der Waals surface area contributed by atoms with Crippen LogP contribution in [0.15, 0.2) is 24.3 Å². The van der Waals surface area contributed by atoms with Gasteiger partial charge in [0.25, 0.3) is 0 Å². The Hall–Kier alpha value is -1.67. The number of para-hydroxylation sites is 1. The van der Waals surface area contributed by atoms with Crippen LogP contribution in [0, 0.1) is 11.8 Å². The van der Waals surface area contributed by atoms with Crippen LogP contribution in [0.4, 0.5) is 13.2 Å². The van der Waals surface area contributed by atoms with E-state index in [4.69, 9.17) is 0 Å². The normalized spacial score (nSPS) is 10.6. The summed E-state index contributed by atoms with van der Waals surface area (Å²) in [6.07, 6.45) is -4.69. The molecule has 0 saturated carbocycles. The molecule has 1 rings (SSSR count). The first-order valence-corrected chi connectivity index (χ1v) is 5.07. The van der Waals surface area contributed by atoms with Gasteiger partial charge in [-0.1, -0.05) is 30.9 Å². The molecule has 92 valence electrons. The minimum atomic E-state index is -4.69. The molecule has 0 spiro atoms. The fourth-order valence-corrected chi connectivity index (χ4v) is 1.11.